The lowest BCUT2D eigenvalue weighted by atomic mass is 9.72. The van der Waals surface area contributed by atoms with Crippen LogP contribution in [0, 0.1) is 23.2 Å². The maximum Gasteiger partial charge on any atom is 0.312 e. The highest BCUT2D eigenvalue weighted by Crippen LogP contribution is 2.36. The van der Waals surface area contributed by atoms with Crippen molar-refractivity contribution in [2.24, 2.45) is 23.2 Å². The number of rotatable bonds is 11. The molecule has 2 nitrogen and oxygen atoms in total. The molecule has 0 aromatic heterocycles. The molecule has 0 saturated heterocycles. The Hall–Kier alpha value is -0.530. The zero-order chi connectivity index (χ0) is 16.5. The van der Waals surface area contributed by atoms with Gasteiger partial charge < -0.3 is 4.74 Å². The van der Waals surface area contributed by atoms with Gasteiger partial charge in [0.1, 0.15) is 0 Å². The van der Waals surface area contributed by atoms with E-state index < -0.39 is 0 Å². The van der Waals surface area contributed by atoms with Crippen molar-refractivity contribution in [2.45, 2.75) is 87.0 Å². The van der Waals surface area contributed by atoms with Crippen LogP contribution in [-0.2, 0) is 9.53 Å². The smallest absolute Gasteiger partial charge is 0.312 e. The molecular weight excluding hydrogens is 260 g/mol. The molecule has 0 bridgehead atoms. The zero-order valence-corrected chi connectivity index (χ0v) is 15.5. The second-order valence-electron chi connectivity index (χ2n) is 7.30. The predicted molar refractivity (Wildman–Crippen MR) is 91.3 cm³/mol. The number of carbonyl (C=O) groups excluding carboxylic acids is 1. The average Bonchev–Trinajstić information content (AvgIpc) is 2.46. The van der Waals surface area contributed by atoms with Crippen molar-refractivity contribution in [1.29, 1.82) is 0 Å². The molecule has 0 saturated carbocycles. The van der Waals surface area contributed by atoms with Crippen molar-refractivity contribution in [3.8, 4) is 0 Å². The van der Waals surface area contributed by atoms with E-state index in [2.05, 4.69) is 48.5 Å². The highest BCUT2D eigenvalue weighted by molar-refractivity contribution is 5.76. The molecule has 126 valence electrons. The van der Waals surface area contributed by atoms with E-state index in [-0.39, 0.29) is 11.4 Å². The van der Waals surface area contributed by atoms with Crippen LogP contribution < -0.4 is 0 Å². The van der Waals surface area contributed by atoms with Gasteiger partial charge in [-0.15, -0.1) is 0 Å². The fraction of sp³-hybridized carbons (Fsp3) is 0.947. The van der Waals surface area contributed by atoms with E-state index in [1.54, 1.807) is 0 Å². The Bertz CT molecular complexity index is 285. The number of carbonyl (C=O) groups is 1. The Labute approximate surface area is 133 Å². The molecule has 0 heterocycles. The van der Waals surface area contributed by atoms with Gasteiger partial charge in [0.25, 0.3) is 0 Å². The van der Waals surface area contributed by atoms with Crippen molar-refractivity contribution in [1.82, 2.24) is 0 Å². The highest BCUT2D eigenvalue weighted by Gasteiger charge is 2.39. The molecule has 0 aliphatic carbocycles. The van der Waals surface area contributed by atoms with Crippen molar-refractivity contribution < 1.29 is 9.53 Å². The summed E-state index contributed by atoms with van der Waals surface area (Å²) in [6.45, 7) is 15.8. The summed E-state index contributed by atoms with van der Waals surface area (Å²) in [6, 6.07) is 0. The molecule has 0 aromatic carbocycles. The van der Waals surface area contributed by atoms with Gasteiger partial charge in [-0.05, 0) is 37.5 Å². The normalized spacial score (nSPS) is 17.3. The van der Waals surface area contributed by atoms with Gasteiger partial charge in [-0.2, -0.15) is 0 Å². The van der Waals surface area contributed by atoms with E-state index in [1.165, 1.54) is 19.3 Å². The Morgan fingerprint density at radius 3 is 2.14 bits per heavy atom. The molecule has 0 N–H and O–H groups in total. The maximum atomic E-state index is 12.6. The third kappa shape index (κ3) is 6.84. The van der Waals surface area contributed by atoms with Crippen molar-refractivity contribution in [3.63, 3.8) is 0 Å². The van der Waals surface area contributed by atoms with Gasteiger partial charge in [-0.1, -0.05) is 67.2 Å². The standard InChI is InChI=1S/C19H38O2/c1-8-11-12-17(10-3)14-21-18(20)19(7,15(4)5)13-16(6)9-2/h15-17H,8-14H2,1-7H3. The first kappa shape index (κ1) is 20.5. The predicted octanol–water partition coefficient (Wildman–Crippen LogP) is 5.84. The SMILES string of the molecule is CCCCC(CC)COC(=O)C(C)(CC(C)CC)C(C)C. The van der Waals surface area contributed by atoms with Crippen LogP contribution in [0.4, 0.5) is 0 Å². The molecule has 21 heavy (non-hydrogen) atoms. The average molecular weight is 299 g/mol. The summed E-state index contributed by atoms with van der Waals surface area (Å²) in [5.74, 6) is 1.41. The van der Waals surface area contributed by atoms with Crippen LogP contribution in [0.15, 0.2) is 0 Å². The molecule has 0 rings (SSSR count). The summed E-state index contributed by atoms with van der Waals surface area (Å²) < 4.78 is 5.73. The number of hydrogen-bond donors (Lipinski definition) is 0. The first-order valence-corrected chi connectivity index (χ1v) is 8.98. The van der Waals surface area contributed by atoms with E-state index in [0.29, 0.717) is 24.4 Å². The fourth-order valence-electron chi connectivity index (χ4n) is 2.68. The molecule has 0 aliphatic heterocycles. The molecule has 0 amide bonds. The van der Waals surface area contributed by atoms with Gasteiger partial charge in [0.15, 0.2) is 0 Å². The van der Waals surface area contributed by atoms with E-state index in [0.717, 1.165) is 19.3 Å². The number of esters is 1. The quantitative estimate of drug-likeness (QED) is 0.448. The largest absolute Gasteiger partial charge is 0.465 e. The summed E-state index contributed by atoms with van der Waals surface area (Å²) in [5.41, 5.74) is -0.349. The number of unbranched alkanes of at least 4 members (excludes halogenated alkanes) is 1. The number of ether oxygens (including phenoxy) is 1. The van der Waals surface area contributed by atoms with E-state index in [4.69, 9.17) is 4.74 Å². The Morgan fingerprint density at radius 1 is 1.10 bits per heavy atom. The van der Waals surface area contributed by atoms with E-state index in [9.17, 15) is 4.79 Å². The minimum absolute atomic E-state index is 0.00717. The highest BCUT2D eigenvalue weighted by atomic mass is 16.5. The van der Waals surface area contributed by atoms with Crippen LogP contribution in [0.3, 0.4) is 0 Å². The first-order valence-electron chi connectivity index (χ1n) is 8.98. The molecular formula is C19H38O2. The van der Waals surface area contributed by atoms with Crippen LogP contribution in [-0.4, -0.2) is 12.6 Å². The topological polar surface area (TPSA) is 26.3 Å². The monoisotopic (exact) mass is 298 g/mol. The Morgan fingerprint density at radius 2 is 1.71 bits per heavy atom. The zero-order valence-electron chi connectivity index (χ0n) is 15.5. The molecule has 3 unspecified atom stereocenters. The van der Waals surface area contributed by atoms with Crippen molar-refractivity contribution in [2.75, 3.05) is 6.61 Å². The van der Waals surface area contributed by atoms with Crippen molar-refractivity contribution >= 4 is 5.97 Å². The van der Waals surface area contributed by atoms with Gasteiger partial charge in [0.2, 0.25) is 0 Å². The molecule has 2 heteroatoms. The van der Waals surface area contributed by atoms with Gasteiger partial charge >= 0.3 is 5.97 Å². The van der Waals surface area contributed by atoms with Crippen LogP contribution in [0.1, 0.15) is 87.0 Å². The minimum atomic E-state index is -0.349. The van der Waals surface area contributed by atoms with Crippen LogP contribution in [0.2, 0.25) is 0 Å². The molecule has 0 aromatic rings. The molecule has 0 aliphatic rings. The summed E-state index contributed by atoms with van der Waals surface area (Å²) in [4.78, 5) is 12.6. The lowest BCUT2D eigenvalue weighted by Gasteiger charge is -2.34. The van der Waals surface area contributed by atoms with Gasteiger partial charge in [0.05, 0.1) is 12.0 Å². The van der Waals surface area contributed by atoms with Gasteiger partial charge in [0, 0.05) is 0 Å². The van der Waals surface area contributed by atoms with Crippen molar-refractivity contribution in [3.05, 3.63) is 0 Å². The minimum Gasteiger partial charge on any atom is -0.465 e. The Balaban J connectivity index is 4.61. The second-order valence-corrected chi connectivity index (χ2v) is 7.30. The molecule has 0 spiro atoms. The first-order chi connectivity index (χ1) is 9.81. The Kier molecular flexibility index (Phi) is 9.98. The lowest BCUT2D eigenvalue weighted by molar-refractivity contribution is -0.160. The lowest BCUT2D eigenvalue weighted by Crippen LogP contribution is -2.37. The number of hydrogen-bond acceptors (Lipinski definition) is 2. The molecule has 3 atom stereocenters. The molecule has 0 radical (unpaired) electrons. The van der Waals surface area contributed by atoms with Gasteiger partial charge in [-0.25, -0.2) is 0 Å². The summed E-state index contributed by atoms with van der Waals surface area (Å²) in [6.07, 6.45) is 6.74. The molecule has 0 fully saturated rings. The third-order valence-electron chi connectivity index (χ3n) is 5.20. The third-order valence-corrected chi connectivity index (χ3v) is 5.20. The van der Waals surface area contributed by atoms with E-state index in [1.807, 2.05) is 0 Å². The van der Waals surface area contributed by atoms with Crippen LogP contribution in [0.5, 0.6) is 0 Å². The summed E-state index contributed by atoms with van der Waals surface area (Å²) in [5, 5.41) is 0. The van der Waals surface area contributed by atoms with Gasteiger partial charge in [-0.3, -0.25) is 4.79 Å². The van der Waals surface area contributed by atoms with Crippen LogP contribution in [0.25, 0.3) is 0 Å². The second kappa shape index (κ2) is 10.2. The van der Waals surface area contributed by atoms with E-state index >= 15 is 0 Å². The summed E-state index contributed by atoms with van der Waals surface area (Å²) in [7, 11) is 0. The van der Waals surface area contributed by atoms with Crippen LogP contribution >= 0.6 is 0 Å². The summed E-state index contributed by atoms with van der Waals surface area (Å²) >= 11 is 0. The fourth-order valence-corrected chi connectivity index (χ4v) is 2.68. The maximum absolute atomic E-state index is 12.6.